The molecule has 2 aromatic heterocycles. The summed E-state index contributed by atoms with van der Waals surface area (Å²) in [5.41, 5.74) is 1.67. The van der Waals surface area contributed by atoms with E-state index in [9.17, 15) is 4.79 Å². The predicted molar refractivity (Wildman–Crippen MR) is 65.8 cm³/mol. The zero-order chi connectivity index (χ0) is 12.4. The summed E-state index contributed by atoms with van der Waals surface area (Å²) < 4.78 is 2.15. The van der Waals surface area contributed by atoms with Gasteiger partial charge in [0.1, 0.15) is 0 Å². The number of aromatic nitrogens is 3. The van der Waals surface area contributed by atoms with E-state index in [1.807, 2.05) is 19.1 Å². The molecule has 0 saturated heterocycles. The van der Waals surface area contributed by atoms with Crippen LogP contribution >= 0.6 is 15.9 Å². The van der Waals surface area contributed by atoms with Gasteiger partial charge in [-0.05, 0) is 35.0 Å². The number of rotatable bonds is 3. The summed E-state index contributed by atoms with van der Waals surface area (Å²) >= 11 is 3.30. The van der Waals surface area contributed by atoms with Crippen molar-refractivity contribution in [1.29, 1.82) is 0 Å². The smallest absolute Gasteiger partial charge is 0.357 e. The van der Waals surface area contributed by atoms with Crippen molar-refractivity contribution in [3.63, 3.8) is 0 Å². The molecule has 17 heavy (non-hydrogen) atoms. The quantitative estimate of drug-likeness (QED) is 0.944. The Morgan fingerprint density at radius 2 is 2.12 bits per heavy atom. The summed E-state index contributed by atoms with van der Waals surface area (Å²) in [7, 11) is 0. The lowest BCUT2D eigenvalue weighted by atomic mass is 10.2. The van der Waals surface area contributed by atoms with Gasteiger partial charge in [-0.2, -0.15) is 5.10 Å². The molecule has 2 rings (SSSR count). The summed E-state index contributed by atoms with van der Waals surface area (Å²) in [5.74, 6) is -1.04. The highest BCUT2D eigenvalue weighted by molar-refractivity contribution is 9.10. The van der Waals surface area contributed by atoms with Crippen LogP contribution < -0.4 is 0 Å². The Kier molecular flexibility index (Phi) is 3.23. The largest absolute Gasteiger partial charge is 0.476 e. The number of carboxylic acid groups (broad SMARTS) is 1. The lowest BCUT2D eigenvalue weighted by molar-refractivity contribution is 0.0688. The predicted octanol–water partition coefficient (Wildman–Crippen LogP) is 2.43. The van der Waals surface area contributed by atoms with E-state index in [1.54, 1.807) is 17.1 Å². The highest BCUT2D eigenvalue weighted by atomic mass is 79.9. The molecule has 2 aromatic rings. The van der Waals surface area contributed by atoms with Crippen molar-refractivity contribution in [2.75, 3.05) is 0 Å². The Morgan fingerprint density at radius 1 is 1.47 bits per heavy atom. The summed E-state index contributed by atoms with van der Waals surface area (Å²) in [4.78, 5) is 15.0. The van der Waals surface area contributed by atoms with Gasteiger partial charge in [-0.1, -0.05) is 0 Å². The Bertz CT molecular complexity index is 551. The molecule has 0 saturated carbocycles. The first-order valence-electron chi connectivity index (χ1n) is 5.05. The number of nitrogens with zero attached hydrogens (tertiary/aromatic N) is 3. The van der Waals surface area contributed by atoms with Crippen molar-refractivity contribution in [2.24, 2.45) is 0 Å². The molecule has 0 radical (unpaired) electrons. The SMILES string of the molecule is CCn1nc(C(=O)O)c(Br)c1-c1ccncc1. The maximum Gasteiger partial charge on any atom is 0.357 e. The van der Waals surface area contributed by atoms with Crippen LogP contribution in [0.3, 0.4) is 0 Å². The minimum atomic E-state index is -1.04. The van der Waals surface area contributed by atoms with Crippen LogP contribution in [0.2, 0.25) is 0 Å². The molecule has 2 heterocycles. The van der Waals surface area contributed by atoms with E-state index in [0.717, 1.165) is 11.3 Å². The molecule has 1 N–H and O–H groups in total. The topological polar surface area (TPSA) is 68.0 Å². The Balaban J connectivity index is 2.64. The molecule has 0 aliphatic rings. The first-order chi connectivity index (χ1) is 8.15. The average Bonchev–Trinajstić information content (AvgIpc) is 2.67. The van der Waals surface area contributed by atoms with E-state index in [-0.39, 0.29) is 5.69 Å². The Labute approximate surface area is 106 Å². The van der Waals surface area contributed by atoms with Gasteiger partial charge < -0.3 is 5.11 Å². The van der Waals surface area contributed by atoms with Gasteiger partial charge in [-0.25, -0.2) is 4.79 Å². The molecular weight excluding hydrogens is 286 g/mol. The van der Waals surface area contributed by atoms with Gasteiger partial charge in [0.2, 0.25) is 0 Å². The van der Waals surface area contributed by atoms with Gasteiger partial charge in [0.15, 0.2) is 5.69 Å². The van der Waals surface area contributed by atoms with Crippen molar-refractivity contribution >= 4 is 21.9 Å². The second-order valence-corrected chi connectivity index (χ2v) is 4.16. The van der Waals surface area contributed by atoms with E-state index in [2.05, 4.69) is 26.0 Å². The first kappa shape index (κ1) is 11.8. The Morgan fingerprint density at radius 3 is 2.65 bits per heavy atom. The van der Waals surface area contributed by atoms with Gasteiger partial charge in [-0.3, -0.25) is 9.67 Å². The van der Waals surface area contributed by atoms with Crippen LogP contribution in [0.1, 0.15) is 17.4 Å². The van der Waals surface area contributed by atoms with Crippen LogP contribution in [0, 0.1) is 0 Å². The highest BCUT2D eigenvalue weighted by Crippen LogP contribution is 2.30. The summed E-state index contributed by atoms with van der Waals surface area (Å²) in [5, 5.41) is 13.1. The number of pyridine rings is 1. The fourth-order valence-corrected chi connectivity index (χ4v) is 2.27. The normalized spacial score (nSPS) is 10.5. The zero-order valence-electron chi connectivity index (χ0n) is 9.09. The van der Waals surface area contributed by atoms with Gasteiger partial charge in [0, 0.05) is 24.5 Å². The molecule has 0 unspecified atom stereocenters. The number of halogens is 1. The summed E-state index contributed by atoms with van der Waals surface area (Å²) in [6.45, 7) is 2.51. The molecule has 5 nitrogen and oxygen atoms in total. The van der Waals surface area contributed by atoms with Crippen molar-refractivity contribution < 1.29 is 9.90 Å². The maximum absolute atomic E-state index is 11.0. The van der Waals surface area contributed by atoms with Crippen LogP contribution in [-0.2, 0) is 6.54 Å². The van der Waals surface area contributed by atoms with Crippen LogP contribution in [0.25, 0.3) is 11.3 Å². The van der Waals surface area contributed by atoms with E-state index >= 15 is 0 Å². The fourth-order valence-electron chi connectivity index (χ4n) is 1.59. The minimum absolute atomic E-state index is 0.0265. The van der Waals surface area contributed by atoms with Gasteiger partial charge >= 0.3 is 5.97 Å². The van der Waals surface area contributed by atoms with E-state index in [1.165, 1.54) is 0 Å². The molecule has 0 bridgehead atoms. The molecule has 0 atom stereocenters. The zero-order valence-corrected chi connectivity index (χ0v) is 10.7. The fraction of sp³-hybridized carbons (Fsp3) is 0.182. The lowest BCUT2D eigenvalue weighted by Gasteiger charge is -2.04. The van der Waals surface area contributed by atoms with Crippen molar-refractivity contribution in [1.82, 2.24) is 14.8 Å². The van der Waals surface area contributed by atoms with Crippen molar-refractivity contribution in [2.45, 2.75) is 13.5 Å². The van der Waals surface area contributed by atoms with Crippen LogP contribution in [0.5, 0.6) is 0 Å². The van der Waals surface area contributed by atoms with Gasteiger partial charge in [0.05, 0.1) is 10.2 Å². The van der Waals surface area contributed by atoms with Crippen LogP contribution in [0.4, 0.5) is 0 Å². The molecule has 0 aliphatic carbocycles. The summed E-state index contributed by atoms with van der Waals surface area (Å²) in [6.07, 6.45) is 3.32. The third kappa shape index (κ3) is 2.08. The first-order valence-corrected chi connectivity index (χ1v) is 5.84. The van der Waals surface area contributed by atoms with Gasteiger partial charge in [-0.15, -0.1) is 0 Å². The number of carboxylic acids is 1. The Hall–Kier alpha value is -1.69. The summed E-state index contributed by atoms with van der Waals surface area (Å²) in [6, 6.07) is 3.64. The third-order valence-electron chi connectivity index (χ3n) is 2.35. The molecule has 0 aliphatic heterocycles. The number of carbonyl (C=O) groups is 1. The lowest BCUT2D eigenvalue weighted by Crippen LogP contribution is -2.02. The van der Waals surface area contributed by atoms with Crippen LogP contribution in [-0.4, -0.2) is 25.8 Å². The van der Waals surface area contributed by atoms with Crippen molar-refractivity contribution in [3.8, 4) is 11.3 Å². The maximum atomic E-state index is 11.0. The number of hydrogen-bond donors (Lipinski definition) is 1. The highest BCUT2D eigenvalue weighted by Gasteiger charge is 2.20. The molecule has 0 spiro atoms. The molecular formula is C11H10BrN3O2. The minimum Gasteiger partial charge on any atom is -0.476 e. The average molecular weight is 296 g/mol. The van der Waals surface area contributed by atoms with E-state index < -0.39 is 5.97 Å². The standard InChI is InChI=1S/C11H10BrN3O2/c1-2-15-10(7-3-5-13-6-4-7)8(12)9(14-15)11(16)17/h3-6H,2H2,1H3,(H,16,17). The van der Waals surface area contributed by atoms with E-state index in [4.69, 9.17) is 5.11 Å². The molecule has 6 heteroatoms. The number of aryl methyl sites for hydroxylation is 1. The third-order valence-corrected chi connectivity index (χ3v) is 3.10. The molecule has 0 fully saturated rings. The second kappa shape index (κ2) is 4.67. The van der Waals surface area contributed by atoms with Gasteiger partial charge in [0.25, 0.3) is 0 Å². The molecule has 0 aromatic carbocycles. The molecule has 88 valence electrons. The number of aromatic carboxylic acids is 1. The van der Waals surface area contributed by atoms with E-state index in [0.29, 0.717) is 11.0 Å². The van der Waals surface area contributed by atoms with Crippen LogP contribution in [0.15, 0.2) is 29.0 Å². The molecule has 0 amide bonds. The second-order valence-electron chi connectivity index (χ2n) is 3.37. The monoisotopic (exact) mass is 295 g/mol. The number of hydrogen-bond acceptors (Lipinski definition) is 3. The van der Waals surface area contributed by atoms with Crippen molar-refractivity contribution in [3.05, 3.63) is 34.7 Å².